The average molecular weight is 378 g/mol. The molecular formula is C16H9F3N4O2S. The predicted molar refractivity (Wildman–Crippen MR) is 87.4 cm³/mol. The van der Waals surface area contributed by atoms with Gasteiger partial charge in [0.25, 0.3) is 0 Å². The van der Waals surface area contributed by atoms with E-state index in [0.717, 1.165) is 6.07 Å². The summed E-state index contributed by atoms with van der Waals surface area (Å²) in [5.41, 5.74) is 0.584. The number of nitriles is 1. The third-order valence-corrected chi connectivity index (χ3v) is 4.25. The van der Waals surface area contributed by atoms with Gasteiger partial charge in [-0.2, -0.15) is 5.26 Å². The second kappa shape index (κ2) is 7.07. The lowest BCUT2D eigenvalue weighted by atomic mass is 10.2. The molecule has 0 saturated heterocycles. The summed E-state index contributed by atoms with van der Waals surface area (Å²) in [6.45, 7) is 0. The average Bonchev–Trinajstić information content (AvgIpc) is 2.60. The summed E-state index contributed by atoms with van der Waals surface area (Å²) in [7, 11) is 0. The van der Waals surface area contributed by atoms with Gasteiger partial charge in [-0.05, 0) is 18.2 Å². The van der Waals surface area contributed by atoms with Crippen LogP contribution in [0.25, 0.3) is 10.9 Å². The van der Waals surface area contributed by atoms with Crippen molar-refractivity contribution in [3.63, 3.8) is 0 Å². The molecule has 0 aliphatic carbocycles. The Bertz CT molecular complexity index is 974. The Hall–Kier alpha value is -3.03. The molecule has 0 aliphatic rings. The number of alkyl halides is 3. The van der Waals surface area contributed by atoms with Crippen molar-refractivity contribution in [1.29, 1.82) is 5.26 Å². The van der Waals surface area contributed by atoms with E-state index >= 15 is 0 Å². The van der Waals surface area contributed by atoms with Gasteiger partial charge in [0.2, 0.25) is 0 Å². The summed E-state index contributed by atoms with van der Waals surface area (Å²) in [6.07, 6.45) is -2.15. The molecular weight excluding hydrogens is 369 g/mol. The largest absolute Gasteiger partial charge is 0.588 e. The number of benzene rings is 1. The summed E-state index contributed by atoms with van der Waals surface area (Å²) in [4.78, 5) is 8.15. The maximum absolute atomic E-state index is 12.5. The molecule has 132 valence electrons. The van der Waals surface area contributed by atoms with Gasteiger partial charge in [-0.1, -0.05) is 6.07 Å². The van der Waals surface area contributed by atoms with E-state index in [1.807, 2.05) is 6.07 Å². The lowest BCUT2D eigenvalue weighted by Crippen LogP contribution is -2.18. The van der Waals surface area contributed by atoms with Crippen LogP contribution in [0, 0.1) is 11.3 Å². The number of hydrogen-bond donors (Lipinski definition) is 1. The first-order valence-corrected chi connectivity index (χ1v) is 8.20. The highest BCUT2D eigenvalue weighted by molar-refractivity contribution is 7.92. The predicted octanol–water partition coefficient (Wildman–Crippen LogP) is 3.53. The van der Waals surface area contributed by atoms with Crippen molar-refractivity contribution in [3.05, 3.63) is 54.5 Å². The standard InChI is InChI=1S/C16H9F3N4O2S/c17-16(18,19)25-12-6-10-2-1-5-21-15(10)14(7-12)23-26(24)13-4-3-11(8-20)22-9-13/h1-7,9,23H. The second-order valence-electron chi connectivity index (χ2n) is 4.96. The first-order valence-electron chi connectivity index (χ1n) is 7.05. The molecule has 0 aliphatic heterocycles. The number of rotatable bonds is 4. The molecule has 1 N–H and O–H groups in total. The normalized spacial score (nSPS) is 12.4. The minimum absolute atomic E-state index is 0.102. The Kier molecular flexibility index (Phi) is 4.83. The quantitative estimate of drug-likeness (QED) is 0.698. The van der Waals surface area contributed by atoms with Gasteiger partial charge in [-0.15, -0.1) is 13.2 Å². The van der Waals surface area contributed by atoms with Crippen LogP contribution >= 0.6 is 0 Å². The first kappa shape index (κ1) is 17.8. The zero-order chi connectivity index (χ0) is 18.7. The number of fused-ring (bicyclic) bond motifs is 1. The fourth-order valence-electron chi connectivity index (χ4n) is 2.15. The summed E-state index contributed by atoms with van der Waals surface area (Å²) in [5, 5.41) is 9.11. The number of nitrogens with one attached hydrogen (secondary N) is 1. The van der Waals surface area contributed by atoms with E-state index < -0.39 is 23.5 Å². The van der Waals surface area contributed by atoms with Crippen molar-refractivity contribution < 1.29 is 22.5 Å². The molecule has 1 unspecified atom stereocenters. The number of aromatic nitrogens is 2. The minimum atomic E-state index is -4.86. The van der Waals surface area contributed by atoms with Crippen molar-refractivity contribution in [1.82, 2.24) is 9.97 Å². The first-order chi connectivity index (χ1) is 12.4. The number of anilines is 1. The molecule has 10 heteroatoms. The van der Waals surface area contributed by atoms with E-state index in [9.17, 15) is 17.7 Å². The molecule has 3 aromatic rings. The fourth-order valence-corrected chi connectivity index (χ4v) is 2.96. The van der Waals surface area contributed by atoms with Crippen LogP contribution in [-0.2, 0) is 11.4 Å². The van der Waals surface area contributed by atoms with Gasteiger partial charge in [0.15, 0.2) is 4.90 Å². The zero-order valence-electron chi connectivity index (χ0n) is 12.8. The zero-order valence-corrected chi connectivity index (χ0v) is 13.6. The van der Waals surface area contributed by atoms with E-state index in [0.29, 0.717) is 10.9 Å². The van der Waals surface area contributed by atoms with Gasteiger partial charge in [-0.25, -0.2) is 9.71 Å². The molecule has 2 aromatic heterocycles. The van der Waals surface area contributed by atoms with Crippen molar-refractivity contribution in [2.45, 2.75) is 11.3 Å². The topological polar surface area (TPSA) is 93.9 Å². The monoisotopic (exact) mass is 378 g/mol. The number of halogens is 3. The van der Waals surface area contributed by atoms with E-state index in [1.165, 1.54) is 30.6 Å². The molecule has 2 heterocycles. The molecule has 1 atom stereocenters. The van der Waals surface area contributed by atoms with E-state index in [2.05, 4.69) is 19.4 Å². The van der Waals surface area contributed by atoms with Crippen molar-refractivity contribution >= 4 is 28.0 Å². The number of pyridine rings is 2. The molecule has 6 nitrogen and oxygen atoms in total. The number of nitrogens with zero attached hydrogens (tertiary/aromatic N) is 3. The molecule has 0 saturated carbocycles. The van der Waals surface area contributed by atoms with Crippen LogP contribution < -0.4 is 9.46 Å². The van der Waals surface area contributed by atoms with Gasteiger partial charge < -0.3 is 9.29 Å². The van der Waals surface area contributed by atoms with Crippen LogP contribution in [0.4, 0.5) is 18.9 Å². The Morgan fingerprint density at radius 1 is 1.19 bits per heavy atom. The maximum atomic E-state index is 12.5. The van der Waals surface area contributed by atoms with Crippen LogP contribution in [0.15, 0.2) is 53.7 Å². The molecule has 0 bridgehead atoms. The second-order valence-corrected chi connectivity index (χ2v) is 6.17. The summed E-state index contributed by atoms with van der Waals surface area (Å²) in [6, 6.07) is 10.0. The van der Waals surface area contributed by atoms with Crippen LogP contribution in [0.2, 0.25) is 0 Å². The van der Waals surface area contributed by atoms with Crippen LogP contribution in [-0.4, -0.2) is 20.9 Å². The summed E-state index contributed by atoms with van der Waals surface area (Å²) < 4.78 is 56.6. The Morgan fingerprint density at radius 3 is 2.65 bits per heavy atom. The van der Waals surface area contributed by atoms with Crippen LogP contribution in [0.5, 0.6) is 5.75 Å². The lowest BCUT2D eigenvalue weighted by molar-refractivity contribution is -0.274. The summed E-state index contributed by atoms with van der Waals surface area (Å²) >= 11 is -1.83. The number of hydrogen-bond acceptors (Lipinski definition) is 6. The van der Waals surface area contributed by atoms with Gasteiger partial charge in [0.1, 0.15) is 34.6 Å². The van der Waals surface area contributed by atoms with E-state index in [4.69, 9.17) is 5.26 Å². The molecule has 3 rings (SSSR count). The lowest BCUT2D eigenvalue weighted by Gasteiger charge is -2.15. The highest BCUT2D eigenvalue weighted by Gasteiger charge is 2.31. The van der Waals surface area contributed by atoms with Crippen molar-refractivity contribution in [3.8, 4) is 11.8 Å². The SMILES string of the molecule is N#Cc1ccc([S+]([O-])Nc2cc(OC(F)(F)F)cc3cccnc23)cn1. The highest BCUT2D eigenvalue weighted by Crippen LogP contribution is 2.32. The molecule has 26 heavy (non-hydrogen) atoms. The summed E-state index contributed by atoms with van der Waals surface area (Å²) in [5.74, 6) is -0.463. The highest BCUT2D eigenvalue weighted by atomic mass is 32.2. The van der Waals surface area contributed by atoms with E-state index in [1.54, 1.807) is 12.1 Å². The van der Waals surface area contributed by atoms with E-state index in [-0.39, 0.29) is 16.3 Å². The Labute approximate surface area is 148 Å². The van der Waals surface area contributed by atoms with Crippen LogP contribution in [0.1, 0.15) is 5.69 Å². The third-order valence-electron chi connectivity index (χ3n) is 3.18. The van der Waals surface area contributed by atoms with Gasteiger partial charge in [-0.3, -0.25) is 4.98 Å². The molecule has 0 amide bonds. The van der Waals surface area contributed by atoms with Crippen molar-refractivity contribution in [2.75, 3.05) is 4.72 Å². The number of ether oxygens (including phenoxy) is 1. The molecule has 0 radical (unpaired) electrons. The fraction of sp³-hybridized carbons (Fsp3) is 0.0625. The molecule has 0 spiro atoms. The van der Waals surface area contributed by atoms with Crippen molar-refractivity contribution in [2.24, 2.45) is 0 Å². The van der Waals surface area contributed by atoms with Crippen LogP contribution in [0.3, 0.4) is 0 Å². The smallest absolute Gasteiger partial charge is 0.573 e. The maximum Gasteiger partial charge on any atom is 0.573 e. The van der Waals surface area contributed by atoms with Gasteiger partial charge in [0, 0.05) is 23.7 Å². The third kappa shape index (κ3) is 4.14. The minimum Gasteiger partial charge on any atom is -0.588 e. The Balaban J connectivity index is 1.95. The van der Waals surface area contributed by atoms with Gasteiger partial charge in [0.05, 0.1) is 11.7 Å². The molecule has 0 fully saturated rings. The van der Waals surface area contributed by atoms with Gasteiger partial charge >= 0.3 is 6.36 Å². The Morgan fingerprint density at radius 2 is 2.00 bits per heavy atom. The molecule has 1 aromatic carbocycles.